The Balaban J connectivity index is 1.33. The minimum absolute atomic E-state index is 0.00472. The number of ether oxygens (including phenoxy) is 2. The molecule has 0 radical (unpaired) electrons. The third kappa shape index (κ3) is 4.06. The van der Waals surface area contributed by atoms with Crippen molar-refractivity contribution in [3.63, 3.8) is 0 Å². The van der Waals surface area contributed by atoms with Crippen LogP contribution in [0.25, 0.3) is 0 Å². The monoisotopic (exact) mass is 403 g/mol. The molecule has 150 valence electrons. The molecule has 0 spiro atoms. The normalized spacial score (nSPS) is 29.4. The van der Waals surface area contributed by atoms with Gasteiger partial charge >= 0.3 is 5.97 Å². The third-order valence-electron chi connectivity index (χ3n) is 5.82. The Hall–Kier alpha value is -1.96. The highest BCUT2D eigenvalue weighted by molar-refractivity contribution is 7.09. The largest absolute Gasteiger partial charge is 0.494 e. The lowest BCUT2D eigenvalue weighted by molar-refractivity contribution is -0.0798. The van der Waals surface area contributed by atoms with E-state index in [4.69, 9.17) is 14.6 Å². The Morgan fingerprint density at radius 3 is 3.00 bits per heavy atom. The smallest absolute Gasteiger partial charge is 0.355 e. The number of rotatable bonds is 6. The van der Waals surface area contributed by atoms with Crippen molar-refractivity contribution in [1.82, 2.24) is 4.98 Å². The predicted octanol–water partition coefficient (Wildman–Crippen LogP) is 3.84. The number of hydrogen-bond donors (Lipinski definition) is 2. The molecule has 2 aliphatic rings. The number of aliphatic hydroxyl groups excluding tert-OH is 1. The number of carboxylic acids is 1. The quantitative estimate of drug-likeness (QED) is 0.762. The molecule has 6 nitrogen and oxygen atoms in total. The molecule has 1 aliphatic carbocycles. The van der Waals surface area contributed by atoms with E-state index >= 15 is 0 Å². The number of nitrogens with zero attached hydrogens (tertiary/aromatic N) is 1. The van der Waals surface area contributed by atoms with Gasteiger partial charge in [-0.1, -0.05) is 12.1 Å². The second kappa shape index (κ2) is 8.19. The molecule has 28 heavy (non-hydrogen) atoms. The van der Waals surface area contributed by atoms with Gasteiger partial charge in [0.1, 0.15) is 16.9 Å². The lowest BCUT2D eigenvalue weighted by Gasteiger charge is -2.34. The highest BCUT2D eigenvalue weighted by Gasteiger charge is 2.46. The van der Waals surface area contributed by atoms with E-state index in [0.29, 0.717) is 18.9 Å². The maximum atomic E-state index is 11.0. The Kier molecular flexibility index (Phi) is 5.66. The number of hydrogen-bond acceptors (Lipinski definition) is 6. The molecular weight excluding hydrogens is 378 g/mol. The third-order valence-corrected chi connectivity index (χ3v) is 6.76. The van der Waals surface area contributed by atoms with Gasteiger partial charge < -0.3 is 19.7 Å². The Morgan fingerprint density at radius 2 is 2.25 bits per heavy atom. The van der Waals surface area contributed by atoms with Crippen LogP contribution in [0.2, 0.25) is 0 Å². The van der Waals surface area contributed by atoms with Crippen LogP contribution in [0.1, 0.15) is 52.8 Å². The van der Waals surface area contributed by atoms with Gasteiger partial charge in [0.2, 0.25) is 0 Å². The van der Waals surface area contributed by atoms with Crippen molar-refractivity contribution in [3.05, 3.63) is 45.9 Å². The lowest BCUT2D eigenvalue weighted by atomic mass is 9.85. The van der Waals surface area contributed by atoms with E-state index in [-0.39, 0.29) is 29.9 Å². The molecule has 0 amide bonds. The molecule has 1 aliphatic heterocycles. The van der Waals surface area contributed by atoms with E-state index in [1.807, 2.05) is 31.2 Å². The average molecular weight is 404 g/mol. The SMILES string of the molecule is Cc1cccc(OCC[C@@H]2[C@H]3CC[C@H](c4nc(C(=O)O)cs4)O[C@H]3C[C@H]2O)c1. The molecule has 2 heterocycles. The molecule has 1 saturated heterocycles. The number of carboxylic acid groups (broad SMARTS) is 1. The summed E-state index contributed by atoms with van der Waals surface area (Å²) in [5, 5.41) is 21.9. The minimum atomic E-state index is -1.01. The summed E-state index contributed by atoms with van der Waals surface area (Å²) in [6, 6.07) is 7.99. The van der Waals surface area contributed by atoms with Crippen LogP contribution in [0.15, 0.2) is 29.6 Å². The minimum Gasteiger partial charge on any atom is -0.494 e. The fourth-order valence-corrected chi connectivity index (χ4v) is 5.33. The van der Waals surface area contributed by atoms with Crippen LogP contribution in [0.5, 0.6) is 5.75 Å². The van der Waals surface area contributed by atoms with Gasteiger partial charge in [0, 0.05) is 11.8 Å². The number of aryl methyl sites for hydroxylation is 1. The van der Waals surface area contributed by atoms with Crippen molar-refractivity contribution < 1.29 is 24.5 Å². The number of carbonyl (C=O) groups is 1. The van der Waals surface area contributed by atoms with E-state index in [2.05, 4.69) is 4.98 Å². The molecule has 7 heteroatoms. The summed E-state index contributed by atoms with van der Waals surface area (Å²) in [5.41, 5.74) is 1.24. The summed E-state index contributed by atoms with van der Waals surface area (Å²) in [6.45, 7) is 2.61. The molecular formula is C21H25NO5S. The fourth-order valence-electron chi connectivity index (χ4n) is 4.47. The lowest BCUT2D eigenvalue weighted by Crippen LogP contribution is -2.31. The van der Waals surface area contributed by atoms with Gasteiger partial charge in [-0.3, -0.25) is 0 Å². The molecule has 0 unspecified atom stereocenters. The Bertz CT molecular complexity index is 838. The zero-order chi connectivity index (χ0) is 19.7. The van der Waals surface area contributed by atoms with Gasteiger partial charge in [0.05, 0.1) is 18.8 Å². The second-order valence-electron chi connectivity index (χ2n) is 7.70. The Morgan fingerprint density at radius 1 is 1.39 bits per heavy atom. The first kappa shape index (κ1) is 19.4. The van der Waals surface area contributed by atoms with E-state index < -0.39 is 5.97 Å². The Labute approximate surface area is 168 Å². The number of benzene rings is 1. The first-order valence-electron chi connectivity index (χ1n) is 9.73. The van der Waals surface area contributed by atoms with Gasteiger partial charge in [-0.2, -0.15) is 0 Å². The number of fused-ring (bicyclic) bond motifs is 1. The van der Waals surface area contributed by atoms with Gasteiger partial charge in [0.25, 0.3) is 0 Å². The summed E-state index contributed by atoms with van der Waals surface area (Å²) in [7, 11) is 0. The van der Waals surface area contributed by atoms with Crippen molar-refractivity contribution in [2.75, 3.05) is 6.61 Å². The predicted molar refractivity (Wildman–Crippen MR) is 105 cm³/mol. The van der Waals surface area contributed by atoms with Crippen molar-refractivity contribution >= 4 is 17.3 Å². The molecule has 1 aromatic heterocycles. The van der Waals surface area contributed by atoms with Gasteiger partial charge in [-0.15, -0.1) is 11.3 Å². The van der Waals surface area contributed by atoms with Crippen molar-refractivity contribution in [1.29, 1.82) is 0 Å². The van der Waals surface area contributed by atoms with Crippen molar-refractivity contribution in [2.24, 2.45) is 11.8 Å². The maximum absolute atomic E-state index is 11.0. The average Bonchev–Trinajstić information content (AvgIpc) is 3.27. The zero-order valence-electron chi connectivity index (χ0n) is 15.8. The first-order chi connectivity index (χ1) is 13.5. The highest BCUT2D eigenvalue weighted by Crippen LogP contribution is 2.47. The summed E-state index contributed by atoms with van der Waals surface area (Å²) in [4.78, 5) is 15.2. The number of aliphatic hydroxyl groups is 1. The number of aromatic carboxylic acids is 1. The highest BCUT2D eigenvalue weighted by atomic mass is 32.1. The molecule has 1 aromatic carbocycles. The molecule has 0 bridgehead atoms. The number of aromatic nitrogens is 1. The van der Waals surface area contributed by atoms with Crippen LogP contribution in [0, 0.1) is 18.8 Å². The first-order valence-corrected chi connectivity index (χ1v) is 10.6. The van der Waals surface area contributed by atoms with Crippen molar-refractivity contribution in [2.45, 2.75) is 50.9 Å². The van der Waals surface area contributed by atoms with Crippen LogP contribution in [-0.2, 0) is 4.74 Å². The summed E-state index contributed by atoms with van der Waals surface area (Å²) in [5.74, 6) is 0.330. The topological polar surface area (TPSA) is 88.9 Å². The molecule has 4 rings (SSSR count). The summed E-state index contributed by atoms with van der Waals surface area (Å²) in [6.07, 6.45) is 2.60. The van der Waals surface area contributed by atoms with Crippen LogP contribution in [-0.4, -0.2) is 40.0 Å². The van der Waals surface area contributed by atoms with Crippen LogP contribution >= 0.6 is 11.3 Å². The molecule has 5 atom stereocenters. The van der Waals surface area contributed by atoms with E-state index in [0.717, 1.165) is 30.0 Å². The van der Waals surface area contributed by atoms with Crippen LogP contribution in [0.3, 0.4) is 0 Å². The zero-order valence-corrected chi connectivity index (χ0v) is 16.6. The molecule has 1 saturated carbocycles. The van der Waals surface area contributed by atoms with E-state index in [1.54, 1.807) is 5.38 Å². The summed E-state index contributed by atoms with van der Waals surface area (Å²) >= 11 is 1.33. The van der Waals surface area contributed by atoms with E-state index in [9.17, 15) is 9.90 Å². The van der Waals surface area contributed by atoms with Gasteiger partial charge in [0.15, 0.2) is 5.69 Å². The fraction of sp³-hybridized carbons (Fsp3) is 0.524. The van der Waals surface area contributed by atoms with Gasteiger partial charge in [-0.05, 0) is 55.7 Å². The standard InChI is InChI=1S/C21H25NO5S/c1-12-3-2-4-13(9-12)26-8-7-14-15-5-6-18(27-19(15)10-17(14)23)20-22-16(11-28-20)21(24)25/h2-4,9,11,14-15,17-19,23H,5-8,10H2,1H3,(H,24,25)/t14-,15-,17-,18-,19+/m1/s1. The van der Waals surface area contributed by atoms with Gasteiger partial charge in [-0.25, -0.2) is 9.78 Å². The molecule has 2 N–H and O–H groups in total. The second-order valence-corrected chi connectivity index (χ2v) is 8.59. The maximum Gasteiger partial charge on any atom is 0.355 e. The van der Waals surface area contributed by atoms with Crippen LogP contribution in [0.4, 0.5) is 0 Å². The van der Waals surface area contributed by atoms with E-state index in [1.165, 1.54) is 16.9 Å². The summed E-state index contributed by atoms with van der Waals surface area (Å²) < 4.78 is 12.1. The van der Waals surface area contributed by atoms with Crippen molar-refractivity contribution in [3.8, 4) is 5.75 Å². The number of thiazole rings is 1. The molecule has 2 aromatic rings. The van der Waals surface area contributed by atoms with Crippen LogP contribution < -0.4 is 4.74 Å². The molecule has 2 fully saturated rings.